The van der Waals surface area contributed by atoms with Crippen LogP contribution >= 0.6 is 0 Å². The Labute approximate surface area is 79.8 Å². The normalized spacial score (nSPS) is 22.4. The summed E-state index contributed by atoms with van der Waals surface area (Å²) in [5, 5.41) is 3.42. The van der Waals surface area contributed by atoms with Gasteiger partial charge >= 0.3 is 0 Å². The van der Waals surface area contributed by atoms with Crippen LogP contribution in [0.5, 0.6) is 0 Å². The van der Waals surface area contributed by atoms with Gasteiger partial charge in [0.1, 0.15) is 0 Å². The van der Waals surface area contributed by atoms with Gasteiger partial charge in [0.05, 0.1) is 0 Å². The third kappa shape index (κ3) is 2.84. The van der Waals surface area contributed by atoms with E-state index in [2.05, 4.69) is 25.7 Å². The average molecular weight is 182 g/mol. The van der Waals surface area contributed by atoms with Crippen LogP contribution in [0, 0.1) is 0 Å². The van der Waals surface area contributed by atoms with Gasteiger partial charge in [-0.3, -0.25) is 4.79 Å². The molecule has 1 unspecified atom stereocenters. The van der Waals surface area contributed by atoms with Crippen LogP contribution in [-0.4, -0.2) is 36.0 Å². The highest BCUT2D eigenvalue weighted by atomic mass is 16.2. The Kier molecular flexibility index (Phi) is 3.48. The van der Waals surface area contributed by atoms with Crippen LogP contribution in [0.15, 0.2) is 12.7 Å². The van der Waals surface area contributed by atoms with Crippen molar-refractivity contribution in [2.24, 2.45) is 0 Å². The number of nitrogens with zero attached hydrogens (tertiary/aromatic N) is 1. The molecule has 1 rings (SSSR count). The highest BCUT2D eigenvalue weighted by Crippen LogP contribution is 2.09. The number of amides is 1. The molecule has 0 spiro atoms. The Morgan fingerprint density at radius 3 is 2.92 bits per heavy atom. The van der Waals surface area contributed by atoms with Crippen molar-refractivity contribution < 1.29 is 4.79 Å². The first-order valence-corrected chi connectivity index (χ1v) is 4.81. The number of rotatable bonds is 3. The molecule has 3 nitrogen and oxygen atoms in total. The number of carbonyl (C=O) groups is 1. The Bertz CT molecular complexity index is 201. The maximum absolute atomic E-state index is 11.2. The van der Waals surface area contributed by atoms with Crippen LogP contribution in [0.1, 0.15) is 20.3 Å². The van der Waals surface area contributed by atoms with Gasteiger partial charge in [-0.05, 0) is 12.5 Å². The van der Waals surface area contributed by atoms with Gasteiger partial charge in [0.25, 0.3) is 0 Å². The van der Waals surface area contributed by atoms with Crippen LogP contribution in [0.25, 0.3) is 0 Å². The first-order chi connectivity index (χ1) is 6.13. The second-order valence-corrected chi connectivity index (χ2v) is 3.80. The lowest BCUT2D eigenvalue weighted by atomic mass is 10.2. The molecule has 1 aliphatic heterocycles. The van der Waals surface area contributed by atoms with Crippen LogP contribution in [-0.2, 0) is 4.79 Å². The van der Waals surface area contributed by atoms with Crippen molar-refractivity contribution in [3.8, 4) is 0 Å². The van der Waals surface area contributed by atoms with Gasteiger partial charge < -0.3 is 10.2 Å². The maximum Gasteiger partial charge on any atom is 0.246 e. The van der Waals surface area contributed by atoms with Crippen LogP contribution < -0.4 is 5.32 Å². The summed E-state index contributed by atoms with van der Waals surface area (Å²) in [4.78, 5) is 13.1. The zero-order chi connectivity index (χ0) is 9.84. The Hall–Kier alpha value is -0.830. The number of hydrogen-bond acceptors (Lipinski definition) is 2. The van der Waals surface area contributed by atoms with E-state index >= 15 is 0 Å². The summed E-state index contributed by atoms with van der Waals surface area (Å²) in [6, 6.07) is 0.952. The highest BCUT2D eigenvalue weighted by molar-refractivity contribution is 5.87. The van der Waals surface area contributed by atoms with Crippen LogP contribution in [0.3, 0.4) is 0 Å². The second-order valence-electron chi connectivity index (χ2n) is 3.80. The first-order valence-electron chi connectivity index (χ1n) is 4.81. The van der Waals surface area contributed by atoms with E-state index in [-0.39, 0.29) is 5.91 Å². The summed E-state index contributed by atoms with van der Waals surface area (Å²) in [6.07, 6.45) is 2.44. The van der Waals surface area contributed by atoms with E-state index in [0.29, 0.717) is 12.1 Å². The Balaban J connectivity index is 2.36. The van der Waals surface area contributed by atoms with Gasteiger partial charge in [-0.15, -0.1) is 0 Å². The molecule has 0 aromatic rings. The zero-order valence-corrected chi connectivity index (χ0v) is 8.42. The standard InChI is InChI=1S/C10H18N2O/c1-4-10(13)12-6-5-9(7-12)11-8(2)3/h4,8-9,11H,1,5-7H2,2-3H3. The molecule has 1 N–H and O–H groups in total. The number of carbonyl (C=O) groups excluding carboxylic acids is 1. The molecule has 1 aliphatic rings. The molecular weight excluding hydrogens is 164 g/mol. The van der Waals surface area contributed by atoms with Gasteiger partial charge in [-0.2, -0.15) is 0 Å². The van der Waals surface area contributed by atoms with Gasteiger partial charge in [-0.1, -0.05) is 20.4 Å². The van der Waals surface area contributed by atoms with Crippen molar-refractivity contribution in [3.63, 3.8) is 0 Å². The van der Waals surface area contributed by atoms with Crippen molar-refractivity contribution in [2.45, 2.75) is 32.4 Å². The lowest BCUT2D eigenvalue weighted by molar-refractivity contribution is -0.125. The molecule has 13 heavy (non-hydrogen) atoms. The molecule has 74 valence electrons. The summed E-state index contributed by atoms with van der Waals surface area (Å²) in [5.41, 5.74) is 0. The van der Waals surface area contributed by atoms with Crippen molar-refractivity contribution in [1.29, 1.82) is 0 Å². The molecular formula is C10H18N2O. The molecule has 1 saturated heterocycles. The second kappa shape index (κ2) is 4.42. The smallest absolute Gasteiger partial charge is 0.246 e. The minimum absolute atomic E-state index is 0.0491. The number of likely N-dealkylation sites (tertiary alicyclic amines) is 1. The zero-order valence-electron chi connectivity index (χ0n) is 8.42. The number of hydrogen-bond donors (Lipinski definition) is 1. The quantitative estimate of drug-likeness (QED) is 0.654. The molecule has 0 aromatic carbocycles. The lowest BCUT2D eigenvalue weighted by Crippen LogP contribution is -2.38. The van der Waals surface area contributed by atoms with Crippen molar-refractivity contribution in [3.05, 3.63) is 12.7 Å². The molecule has 0 saturated carbocycles. The topological polar surface area (TPSA) is 32.3 Å². The van der Waals surface area contributed by atoms with E-state index in [1.165, 1.54) is 6.08 Å². The molecule has 3 heteroatoms. The predicted octanol–water partition coefficient (Wildman–Crippen LogP) is 0.771. The fourth-order valence-electron chi connectivity index (χ4n) is 1.70. The van der Waals surface area contributed by atoms with E-state index in [1.807, 2.05) is 4.90 Å². The Morgan fingerprint density at radius 2 is 2.38 bits per heavy atom. The van der Waals surface area contributed by atoms with Gasteiger partial charge in [0.2, 0.25) is 5.91 Å². The van der Waals surface area contributed by atoms with E-state index in [1.54, 1.807) is 0 Å². The minimum Gasteiger partial charge on any atom is -0.338 e. The van der Waals surface area contributed by atoms with E-state index in [0.717, 1.165) is 19.5 Å². The molecule has 1 atom stereocenters. The summed E-state index contributed by atoms with van der Waals surface area (Å²) in [5.74, 6) is 0.0491. The fourth-order valence-corrected chi connectivity index (χ4v) is 1.70. The summed E-state index contributed by atoms with van der Waals surface area (Å²) >= 11 is 0. The van der Waals surface area contributed by atoms with E-state index < -0.39 is 0 Å². The maximum atomic E-state index is 11.2. The third-order valence-electron chi connectivity index (χ3n) is 2.24. The molecule has 0 aromatic heterocycles. The molecule has 1 amide bonds. The third-order valence-corrected chi connectivity index (χ3v) is 2.24. The minimum atomic E-state index is 0.0491. The SMILES string of the molecule is C=CC(=O)N1CCC(NC(C)C)C1. The highest BCUT2D eigenvalue weighted by Gasteiger charge is 2.24. The fraction of sp³-hybridized carbons (Fsp3) is 0.700. The summed E-state index contributed by atoms with van der Waals surface area (Å²) in [6.45, 7) is 9.40. The molecule has 0 aliphatic carbocycles. The van der Waals surface area contributed by atoms with Crippen LogP contribution in [0.2, 0.25) is 0 Å². The molecule has 0 bridgehead atoms. The van der Waals surface area contributed by atoms with E-state index in [4.69, 9.17) is 0 Å². The summed E-state index contributed by atoms with van der Waals surface area (Å²) < 4.78 is 0. The Morgan fingerprint density at radius 1 is 1.69 bits per heavy atom. The van der Waals surface area contributed by atoms with Crippen molar-refractivity contribution in [1.82, 2.24) is 10.2 Å². The van der Waals surface area contributed by atoms with Gasteiger partial charge in [-0.25, -0.2) is 0 Å². The van der Waals surface area contributed by atoms with Crippen molar-refractivity contribution >= 4 is 5.91 Å². The van der Waals surface area contributed by atoms with Gasteiger partial charge in [0.15, 0.2) is 0 Å². The molecule has 1 heterocycles. The van der Waals surface area contributed by atoms with E-state index in [9.17, 15) is 4.79 Å². The molecule has 0 radical (unpaired) electrons. The monoisotopic (exact) mass is 182 g/mol. The van der Waals surface area contributed by atoms with Gasteiger partial charge in [0, 0.05) is 25.2 Å². The number of nitrogens with one attached hydrogen (secondary N) is 1. The summed E-state index contributed by atoms with van der Waals surface area (Å²) in [7, 11) is 0. The molecule has 1 fully saturated rings. The first kappa shape index (κ1) is 10.3. The predicted molar refractivity (Wildman–Crippen MR) is 53.5 cm³/mol. The average Bonchev–Trinajstić information content (AvgIpc) is 2.50. The van der Waals surface area contributed by atoms with Crippen LogP contribution in [0.4, 0.5) is 0 Å². The lowest BCUT2D eigenvalue weighted by Gasteiger charge is -2.17. The largest absolute Gasteiger partial charge is 0.338 e. The van der Waals surface area contributed by atoms with Crippen molar-refractivity contribution in [2.75, 3.05) is 13.1 Å².